The molecule has 0 aromatic heterocycles. The van der Waals surface area contributed by atoms with Crippen LogP contribution < -0.4 is 0 Å². The number of carbonyl (C=O) groups excluding carboxylic acids is 1. The van der Waals surface area contributed by atoms with Gasteiger partial charge in [0.25, 0.3) is 5.69 Å². The van der Waals surface area contributed by atoms with E-state index in [2.05, 4.69) is 0 Å². The van der Waals surface area contributed by atoms with Gasteiger partial charge in [0.1, 0.15) is 11.7 Å². The molecule has 1 aromatic rings. The Morgan fingerprint density at radius 1 is 1.56 bits per heavy atom. The molecule has 7 heteroatoms. The minimum Gasteiger partial charge on any atom is -0.456 e. The molecule has 0 amide bonds. The first-order valence-electron chi connectivity index (χ1n) is 5.09. The number of rotatable bonds is 5. The molecule has 0 heterocycles. The molecule has 0 fully saturated rings. The van der Waals surface area contributed by atoms with Gasteiger partial charge in [-0.25, -0.2) is 4.79 Å². The third kappa shape index (κ3) is 3.68. The summed E-state index contributed by atoms with van der Waals surface area (Å²) in [5.74, 6) is -0.797. The van der Waals surface area contributed by atoms with Crippen molar-refractivity contribution in [1.29, 1.82) is 0 Å². The number of nitrogens with zero attached hydrogens (tertiary/aromatic N) is 1. The predicted molar refractivity (Wildman–Crippen MR) is 64.9 cm³/mol. The lowest BCUT2D eigenvalue weighted by atomic mass is 10.2. The van der Waals surface area contributed by atoms with Crippen LogP contribution in [0.2, 0.25) is 5.02 Å². The summed E-state index contributed by atoms with van der Waals surface area (Å²) in [6.07, 6.45) is -0.499. The molecule has 6 nitrogen and oxygen atoms in total. The smallest absolute Gasteiger partial charge is 0.345 e. The number of ether oxygens (including phenoxy) is 2. The molecule has 1 aromatic carbocycles. The van der Waals surface area contributed by atoms with Crippen LogP contribution in [0.5, 0.6) is 0 Å². The zero-order valence-corrected chi connectivity index (χ0v) is 10.6. The van der Waals surface area contributed by atoms with Crippen LogP contribution in [0.4, 0.5) is 5.69 Å². The molecular formula is C11H12ClNO5. The quantitative estimate of drug-likeness (QED) is 0.468. The molecule has 0 aliphatic rings. The average Bonchev–Trinajstić information content (AvgIpc) is 2.28. The fraction of sp³-hybridized carbons (Fsp3) is 0.364. The highest BCUT2D eigenvalue weighted by molar-refractivity contribution is 6.31. The van der Waals surface area contributed by atoms with E-state index < -0.39 is 17.0 Å². The number of carbonyl (C=O) groups is 1. The molecule has 0 saturated carbocycles. The average molecular weight is 274 g/mol. The number of nitro groups is 1. The molecule has 98 valence electrons. The van der Waals surface area contributed by atoms with E-state index in [4.69, 9.17) is 21.1 Å². The van der Waals surface area contributed by atoms with E-state index in [0.29, 0.717) is 0 Å². The van der Waals surface area contributed by atoms with Crippen LogP contribution >= 0.6 is 11.6 Å². The molecule has 0 N–H and O–H groups in total. The topological polar surface area (TPSA) is 78.7 Å². The number of hydrogen-bond donors (Lipinski definition) is 0. The highest BCUT2D eigenvalue weighted by atomic mass is 35.5. The number of hydrogen-bond acceptors (Lipinski definition) is 5. The molecule has 0 aliphatic heterocycles. The minimum absolute atomic E-state index is 0.171. The Bertz CT molecular complexity index is 463. The normalized spacial score (nSPS) is 11.9. The summed E-state index contributed by atoms with van der Waals surface area (Å²) in [7, 11) is 1.46. The van der Waals surface area contributed by atoms with Crippen molar-refractivity contribution in [3.8, 4) is 0 Å². The summed E-state index contributed by atoms with van der Waals surface area (Å²) in [4.78, 5) is 21.9. The second-order valence-electron chi connectivity index (χ2n) is 3.59. The lowest BCUT2D eigenvalue weighted by Gasteiger charge is -2.12. The van der Waals surface area contributed by atoms with Crippen LogP contribution in [0.25, 0.3) is 0 Å². The van der Waals surface area contributed by atoms with Crippen LogP contribution in [0.1, 0.15) is 17.3 Å². The van der Waals surface area contributed by atoms with Crippen molar-refractivity contribution < 1.29 is 19.2 Å². The Morgan fingerprint density at radius 2 is 2.22 bits per heavy atom. The third-order valence-corrected chi connectivity index (χ3v) is 2.32. The first kappa shape index (κ1) is 14.4. The fourth-order valence-corrected chi connectivity index (χ4v) is 1.52. The number of benzene rings is 1. The van der Waals surface area contributed by atoms with Gasteiger partial charge in [-0.1, -0.05) is 11.6 Å². The number of nitro benzene ring substituents is 1. The third-order valence-electron chi connectivity index (χ3n) is 2.08. The molecule has 0 saturated heterocycles. The van der Waals surface area contributed by atoms with Crippen molar-refractivity contribution in [3.05, 3.63) is 38.9 Å². The van der Waals surface area contributed by atoms with E-state index in [1.807, 2.05) is 0 Å². The number of esters is 1. The van der Waals surface area contributed by atoms with Gasteiger partial charge < -0.3 is 9.47 Å². The van der Waals surface area contributed by atoms with Crippen LogP contribution in [-0.2, 0) is 9.47 Å². The van der Waals surface area contributed by atoms with E-state index in [0.717, 1.165) is 0 Å². The molecule has 0 bridgehead atoms. The van der Waals surface area contributed by atoms with Crippen molar-refractivity contribution in [2.24, 2.45) is 0 Å². The molecule has 0 aliphatic carbocycles. The zero-order valence-electron chi connectivity index (χ0n) is 9.88. The predicted octanol–water partition coefficient (Wildman–Crippen LogP) is 2.44. The summed E-state index contributed by atoms with van der Waals surface area (Å²) in [6.45, 7) is 1.83. The Morgan fingerprint density at radius 3 is 2.78 bits per heavy atom. The van der Waals surface area contributed by atoms with Gasteiger partial charge in [-0.3, -0.25) is 10.1 Å². The van der Waals surface area contributed by atoms with Crippen molar-refractivity contribution in [2.45, 2.75) is 13.0 Å². The molecule has 1 atom stereocenters. The monoisotopic (exact) mass is 273 g/mol. The second-order valence-corrected chi connectivity index (χ2v) is 4.03. The van der Waals surface area contributed by atoms with E-state index in [-0.39, 0.29) is 22.9 Å². The van der Waals surface area contributed by atoms with E-state index in [1.165, 1.54) is 25.3 Å². The summed E-state index contributed by atoms with van der Waals surface area (Å²) in [5.41, 5.74) is -0.510. The van der Waals surface area contributed by atoms with Crippen LogP contribution in [0.15, 0.2) is 18.2 Å². The largest absolute Gasteiger partial charge is 0.456 e. The Labute approximate surface area is 109 Å². The van der Waals surface area contributed by atoms with Crippen LogP contribution in [-0.4, -0.2) is 30.7 Å². The van der Waals surface area contributed by atoms with Gasteiger partial charge in [0.2, 0.25) is 0 Å². The summed E-state index contributed by atoms with van der Waals surface area (Å²) in [6, 6.07) is 3.72. The SMILES string of the molecule is COCC(C)OC(=O)c1cc(Cl)ccc1[N+](=O)[O-]. The fourth-order valence-electron chi connectivity index (χ4n) is 1.35. The standard InChI is InChI=1S/C11H12ClNO5/c1-7(6-17-2)18-11(14)9-5-8(12)3-4-10(9)13(15)16/h3-5,7H,6H2,1-2H3. The Kier molecular flexibility index (Phi) is 5.06. The van der Waals surface area contributed by atoms with Crippen molar-refractivity contribution in [3.63, 3.8) is 0 Å². The number of halogens is 1. The summed E-state index contributed by atoms with van der Waals surface area (Å²) < 4.78 is 9.80. The van der Waals surface area contributed by atoms with Crippen LogP contribution in [0, 0.1) is 10.1 Å². The summed E-state index contributed by atoms with van der Waals surface area (Å²) in [5, 5.41) is 11.0. The molecule has 1 rings (SSSR count). The lowest BCUT2D eigenvalue weighted by Crippen LogP contribution is -2.20. The van der Waals surface area contributed by atoms with Gasteiger partial charge in [-0.2, -0.15) is 0 Å². The number of methoxy groups -OCH3 is 1. The van der Waals surface area contributed by atoms with Gasteiger partial charge in [0.15, 0.2) is 0 Å². The van der Waals surface area contributed by atoms with Crippen molar-refractivity contribution >= 4 is 23.3 Å². The van der Waals surface area contributed by atoms with Gasteiger partial charge in [0, 0.05) is 18.2 Å². The molecule has 0 spiro atoms. The van der Waals surface area contributed by atoms with Gasteiger partial charge in [-0.05, 0) is 19.1 Å². The molecule has 0 radical (unpaired) electrons. The van der Waals surface area contributed by atoms with Crippen LogP contribution in [0.3, 0.4) is 0 Å². The maximum absolute atomic E-state index is 11.8. The molecule has 18 heavy (non-hydrogen) atoms. The minimum atomic E-state index is -0.797. The lowest BCUT2D eigenvalue weighted by molar-refractivity contribution is -0.385. The van der Waals surface area contributed by atoms with E-state index >= 15 is 0 Å². The van der Waals surface area contributed by atoms with Gasteiger partial charge >= 0.3 is 5.97 Å². The first-order chi connectivity index (χ1) is 8.45. The van der Waals surface area contributed by atoms with E-state index in [1.54, 1.807) is 6.92 Å². The second kappa shape index (κ2) is 6.32. The maximum Gasteiger partial charge on any atom is 0.345 e. The maximum atomic E-state index is 11.8. The molecular weight excluding hydrogens is 262 g/mol. The summed E-state index contributed by atoms with van der Waals surface area (Å²) >= 11 is 5.71. The zero-order chi connectivity index (χ0) is 13.7. The van der Waals surface area contributed by atoms with E-state index in [9.17, 15) is 14.9 Å². The van der Waals surface area contributed by atoms with Gasteiger partial charge in [-0.15, -0.1) is 0 Å². The molecule has 1 unspecified atom stereocenters. The van der Waals surface area contributed by atoms with Crippen molar-refractivity contribution in [1.82, 2.24) is 0 Å². The van der Waals surface area contributed by atoms with Gasteiger partial charge in [0.05, 0.1) is 11.5 Å². The Balaban J connectivity index is 2.97. The first-order valence-corrected chi connectivity index (χ1v) is 5.47. The highest BCUT2D eigenvalue weighted by Crippen LogP contribution is 2.23. The van der Waals surface area contributed by atoms with Crippen molar-refractivity contribution in [2.75, 3.05) is 13.7 Å². The highest BCUT2D eigenvalue weighted by Gasteiger charge is 2.23. The Hall–Kier alpha value is -1.66.